The number of phenols is 2. The number of methoxy groups -OCH3 is 1. The van der Waals surface area contributed by atoms with Crippen molar-refractivity contribution in [2.75, 3.05) is 45.8 Å². The third-order valence-corrected chi connectivity index (χ3v) is 5.60. The van der Waals surface area contributed by atoms with Crippen molar-refractivity contribution in [3.8, 4) is 11.5 Å². The number of hydrogen-bond acceptors (Lipinski definition) is 6. The Morgan fingerprint density at radius 2 is 1.91 bits per heavy atom. The molecule has 0 aliphatic carbocycles. The fraction of sp³-hybridized carbons (Fsp3) is 0.360. The van der Waals surface area contributed by atoms with Gasteiger partial charge in [-0.15, -0.1) is 0 Å². The molecule has 0 unspecified atom stereocenters. The topological polar surface area (TPSA) is 93.6 Å². The highest BCUT2D eigenvalue weighted by Gasteiger charge is 2.30. The van der Waals surface area contributed by atoms with Crippen LogP contribution in [0.3, 0.4) is 0 Å². The van der Waals surface area contributed by atoms with Crippen LogP contribution in [-0.4, -0.2) is 72.7 Å². The maximum absolute atomic E-state index is 13.2. The Bertz CT molecular complexity index is 1060. The number of ether oxygens (including phenoxy) is 1. The zero-order chi connectivity index (χ0) is 24.1. The second-order valence-corrected chi connectivity index (χ2v) is 8.38. The minimum Gasteiger partial charge on any atom is -0.508 e. The second-order valence-electron chi connectivity index (χ2n) is 8.38. The van der Waals surface area contributed by atoms with Gasteiger partial charge in [-0.25, -0.2) is 0 Å². The number of carbonyl (C=O) groups excluding carboxylic acids is 2. The van der Waals surface area contributed by atoms with E-state index in [9.17, 15) is 19.8 Å². The number of anilines is 1. The zero-order valence-corrected chi connectivity index (χ0v) is 19.5. The molecule has 2 N–H and O–H groups in total. The number of aryl methyl sites for hydroxylation is 1. The summed E-state index contributed by atoms with van der Waals surface area (Å²) >= 11 is 0. The maximum atomic E-state index is 13.2. The van der Waals surface area contributed by atoms with Crippen molar-refractivity contribution in [1.82, 2.24) is 9.80 Å². The van der Waals surface area contributed by atoms with Gasteiger partial charge in [-0.3, -0.25) is 9.59 Å². The minimum absolute atomic E-state index is 0.0642. The zero-order valence-electron chi connectivity index (χ0n) is 19.5. The monoisotopic (exact) mass is 453 g/mol. The third-order valence-electron chi connectivity index (χ3n) is 5.60. The first-order valence-corrected chi connectivity index (χ1v) is 10.8. The summed E-state index contributed by atoms with van der Waals surface area (Å²) in [6.45, 7) is 3.75. The van der Waals surface area contributed by atoms with Crippen LogP contribution < -0.4 is 4.90 Å². The van der Waals surface area contributed by atoms with Crippen molar-refractivity contribution in [3.05, 3.63) is 64.7 Å². The highest BCUT2D eigenvalue weighted by Crippen LogP contribution is 2.35. The number of aromatic hydroxyl groups is 2. The van der Waals surface area contributed by atoms with Crippen LogP contribution in [0.1, 0.15) is 27.0 Å². The number of rotatable bonds is 8. The fourth-order valence-corrected chi connectivity index (χ4v) is 3.81. The van der Waals surface area contributed by atoms with Crippen LogP contribution in [0.5, 0.6) is 11.5 Å². The van der Waals surface area contributed by atoms with Gasteiger partial charge in [0.2, 0.25) is 0 Å². The molecular formula is C25H31N3O5. The molecule has 0 saturated heterocycles. The lowest BCUT2D eigenvalue weighted by Gasteiger charge is -2.24. The second kappa shape index (κ2) is 10.5. The largest absolute Gasteiger partial charge is 0.508 e. The highest BCUT2D eigenvalue weighted by atomic mass is 16.5. The van der Waals surface area contributed by atoms with E-state index >= 15 is 0 Å². The Morgan fingerprint density at radius 1 is 1.15 bits per heavy atom. The highest BCUT2D eigenvalue weighted by molar-refractivity contribution is 6.02. The molecule has 1 heterocycles. The van der Waals surface area contributed by atoms with E-state index in [1.165, 1.54) is 12.1 Å². The number of phenolic OH excluding ortho intramolecular Hbond substituents is 2. The van der Waals surface area contributed by atoms with Crippen molar-refractivity contribution in [3.63, 3.8) is 0 Å². The number of benzene rings is 2. The molecule has 1 aliphatic heterocycles. The number of hydrogen-bond donors (Lipinski definition) is 2. The molecule has 0 atom stereocenters. The summed E-state index contributed by atoms with van der Waals surface area (Å²) in [5, 5.41) is 20.0. The first-order chi connectivity index (χ1) is 15.7. The Balaban J connectivity index is 1.88. The van der Waals surface area contributed by atoms with Crippen molar-refractivity contribution < 1.29 is 24.5 Å². The van der Waals surface area contributed by atoms with Crippen LogP contribution >= 0.6 is 0 Å². The van der Waals surface area contributed by atoms with Crippen molar-refractivity contribution in [2.45, 2.75) is 20.0 Å². The lowest BCUT2D eigenvalue weighted by Crippen LogP contribution is -2.33. The van der Waals surface area contributed by atoms with E-state index in [1.54, 1.807) is 29.9 Å². The SMILES string of the molecule is COCCN(C(=O)/C=C/CN(C)C)c1cccc2c1CN(C(=O)c1cc(C)c(O)cc1O)C2. The summed E-state index contributed by atoms with van der Waals surface area (Å²) in [4.78, 5) is 31.4. The van der Waals surface area contributed by atoms with E-state index in [0.717, 1.165) is 16.8 Å². The van der Waals surface area contributed by atoms with E-state index in [4.69, 9.17) is 4.74 Å². The number of nitrogens with zero attached hydrogens (tertiary/aromatic N) is 3. The lowest BCUT2D eigenvalue weighted by atomic mass is 10.1. The standard InChI is InChI=1S/C25H31N3O5/c1-17-13-19(23(30)14-22(17)29)25(32)27-15-18-7-5-8-21(20(18)16-27)28(11-12-33-4)24(31)9-6-10-26(2)3/h5-9,13-14,29-30H,10-12,15-16H2,1-4H3/b9-6+. The maximum Gasteiger partial charge on any atom is 0.258 e. The van der Waals surface area contributed by atoms with Gasteiger partial charge >= 0.3 is 0 Å². The van der Waals surface area contributed by atoms with E-state index in [-0.39, 0.29) is 28.9 Å². The van der Waals surface area contributed by atoms with Gasteiger partial charge in [0, 0.05) is 56.7 Å². The van der Waals surface area contributed by atoms with Crippen LogP contribution in [0.4, 0.5) is 5.69 Å². The van der Waals surface area contributed by atoms with Gasteiger partial charge in [-0.05, 0) is 44.3 Å². The van der Waals surface area contributed by atoms with Crippen LogP contribution in [0.2, 0.25) is 0 Å². The van der Waals surface area contributed by atoms with Gasteiger partial charge in [-0.1, -0.05) is 18.2 Å². The molecule has 0 fully saturated rings. The molecule has 0 saturated carbocycles. The van der Waals surface area contributed by atoms with E-state index in [2.05, 4.69) is 0 Å². The molecule has 176 valence electrons. The van der Waals surface area contributed by atoms with Gasteiger partial charge in [-0.2, -0.15) is 0 Å². The van der Waals surface area contributed by atoms with Crippen LogP contribution in [0.25, 0.3) is 0 Å². The number of amides is 2. The average Bonchev–Trinajstić information content (AvgIpc) is 3.21. The van der Waals surface area contributed by atoms with Gasteiger partial charge in [0.05, 0.1) is 12.2 Å². The molecule has 2 aromatic rings. The Morgan fingerprint density at radius 3 is 2.61 bits per heavy atom. The van der Waals surface area contributed by atoms with Gasteiger partial charge in [0.1, 0.15) is 11.5 Å². The molecule has 8 nitrogen and oxygen atoms in total. The lowest BCUT2D eigenvalue weighted by molar-refractivity contribution is -0.114. The first-order valence-electron chi connectivity index (χ1n) is 10.8. The molecule has 1 aliphatic rings. The molecule has 0 spiro atoms. The predicted octanol–water partition coefficient (Wildman–Crippen LogP) is 2.66. The predicted molar refractivity (Wildman–Crippen MR) is 126 cm³/mol. The Hall–Kier alpha value is -3.36. The Kier molecular flexibility index (Phi) is 7.73. The normalized spacial score (nSPS) is 13.1. The number of likely N-dealkylation sites (N-methyl/N-ethyl adjacent to an activating group) is 1. The van der Waals surface area contributed by atoms with Gasteiger partial charge in [0.15, 0.2) is 0 Å². The van der Waals surface area contributed by atoms with E-state index in [1.807, 2.05) is 43.3 Å². The minimum atomic E-state index is -0.335. The molecule has 2 aromatic carbocycles. The number of fused-ring (bicyclic) bond motifs is 1. The molecular weight excluding hydrogens is 422 g/mol. The van der Waals surface area contributed by atoms with Crippen LogP contribution in [0.15, 0.2) is 42.5 Å². The molecule has 0 bridgehead atoms. The molecule has 8 heteroatoms. The van der Waals surface area contributed by atoms with Crippen molar-refractivity contribution in [2.24, 2.45) is 0 Å². The average molecular weight is 454 g/mol. The molecule has 3 rings (SSSR count). The fourth-order valence-electron chi connectivity index (χ4n) is 3.81. The first kappa shape index (κ1) is 24.3. The summed E-state index contributed by atoms with van der Waals surface area (Å²) in [6, 6.07) is 8.36. The van der Waals surface area contributed by atoms with E-state index < -0.39 is 0 Å². The van der Waals surface area contributed by atoms with Gasteiger partial charge in [0.25, 0.3) is 11.8 Å². The summed E-state index contributed by atoms with van der Waals surface area (Å²) in [6.07, 6.45) is 3.38. The summed E-state index contributed by atoms with van der Waals surface area (Å²) in [5.41, 5.74) is 3.23. The third kappa shape index (κ3) is 5.53. The van der Waals surface area contributed by atoms with Crippen molar-refractivity contribution >= 4 is 17.5 Å². The van der Waals surface area contributed by atoms with Crippen LogP contribution in [-0.2, 0) is 22.6 Å². The quantitative estimate of drug-likeness (QED) is 0.597. The summed E-state index contributed by atoms with van der Waals surface area (Å²) < 4.78 is 5.22. The molecule has 0 radical (unpaired) electrons. The van der Waals surface area contributed by atoms with Crippen molar-refractivity contribution in [1.29, 1.82) is 0 Å². The molecule has 33 heavy (non-hydrogen) atoms. The smallest absolute Gasteiger partial charge is 0.258 e. The van der Waals surface area contributed by atoms with Crippen LogP contribution in [0, 0.1) is 6.92 Å². The number of carbonyl (C=O) groups is 2. The molecule has 2 amide bonds. The Labute approximate surface area is 194 Å². The summed E-state index contributed by atoms with van der Waals surface area (Å²) in [7, 11) is 5.45. The molecule has 0 aromatic heterocycles. The van der Waals surface area contributed by atoms with Gasteiger partial charge < -0.3 is 29.6 Å². The van der Waals surface area contributed by atoms with E-state index in [0.29, 0.717) is 38.3 Å². The summed E-state index contributed by atoms with van der Waals surface area (Å²) in [5.74, 6) is -0.815.